The van der Waals surface area contributed by atoms with E-state index in [0.717, 1.165) is 0 Å². The SMILES string of the molecule is CC(=O)OCCCC(OC(C)=O)On1cnc2cnc(N)nc21. The number of anilines is 1. The lowest BCUT2D eigenvalue weighted by Gasteiger charge is -2.18. The highest BCUT2D eigenvalue weighted by atomic mass is 16.8. The average Bonchev–Trinajstić information content (AvgIpc) is 2.85. The molecule has 10 nitrogen and oxygen atoms in total. The van der Waals surface area contributed by atoms with Gasteiger partial charge in [-0.15, -0.1) is 4.73 Å². The number of hydrogen-bond acceptors (Lipinski definition) is 9. The molecule has 0 aliphatic rings. The zero-order valence-corrected chi connectivity index (χ0v) is 12.8. The molecular weight excluding hydrogens is 306 g/mol. The van der Waals surface area contributed by atoms with Crippen LogP contribution in [0.5, 0.6) is 0 Å². The molecule has 2 rings (SSSR count). The Morgan fingerprint density at radius 2 is 2.09 bits per heavy atom. The van der Waals surface area contributed by atoms with Crippen LogP contribution in [-0.2, 0) is 19.1 Å². The van der Waals surface area contributed by atoms with Gasteiger partial charge in [-0.2, -0.15) is 4.98 Å². The van der Waals surface area contributed by atoms with Crippen molar-refractivity contribution in [1.29, 1.82) is 0 Å². The zero-order valence-electron chi connectivity index (χ0n) is 12.8. The Balaban J connectivity index is 2.04. The fraction of sp³-hybridized carbons (Fsp3) is 0.462. The fourth-order valence-electron chi connectivity index (χ4n) is 1.79. The summed E-state index contributed by atoms with van der Waals surface area (Å²) in [7, 11) is 0. The minimum absolute atomic E-state index is 0.0711. The number of nitrogens with two attached hydrogens (primary N) is 1. The van der Waals surface area contributed by atoms with Crippen LogP contribution in [0.25, 0.3) is 11.2 Å². The lowest BCUT2D eigenvalue weighted by Crippen LogP contribution is -2.30. The molecule has 124 valence electrons. The highest BCUT2D eigenvalue weighted by molar-refractivity contribution is 5.70. The van der Waals surface area contributed by atoms with Gasteiger partial charge in [0, 0.05) is 20.3 Å². The molecule has 0 saturated heterocycles. The maximum Gasteiger partial charge on any atom is 0.305 e. The van der Waals surface area contributed by atoms with Crippen LogP contribution in [-0.4, -0.2) is 44.5 Å². The maximum absolute atomic E-state index is 11.2. The van der Waals surface area contributed by atoms with Gasteiger partial charge in [0.1, 0.15) is 11.8 Å². The Morgan fingerprint density at radius 1 is 1.30 bits per heavy atom. The summed E-state index contributed by atoms with van der Waals surface area (Å²) >= 11 is 0. The van der Waals surface area contributed by atoms with E-state index in [0.29, 0.717) is 24.0 Å². The number of aromatic nitrogens is 4. The molecule has 0 amide bonds. The molecule has 0 fully saturated rings. The van der Waals surface area contributed by atoms with Gasteiger partial charge < -0.3 is 20.0 Å². The van der Waals surface area contributed by atoms with Crippen molar-refractivity contribution in [3.05, 3.63) is 12.5 Å². The Kier molecular flexibility index (Phi) is 5.28. The van der Waals surface area contributed by atoms with E-state index in [9.17, 15) is 9.59 Å². The molecule has 0 spiro atoms. The molecule has 23 heavy (non-hydrogen) atoms. The minimum Gasteiger partial charge on any atom is -0.466 e. The quantitative estimate of drug-likeness (QED) is 0.427. The normalized spacial score (nSPS) is 11.9. The second kappa shape index (κ2) is 7.38. The smallest absolute Gasteiger partial charge is 0.305 e. The van der Waals surface area contributed by atoms with Crippen molar-refractivity contribution in [2.24, 2.45) is 0 Å². The molecular formula is C13H17N5O5. The summed E-state index contributed by atoms with van der Waals surface area (Å²) in [6.07, 6.45) is 2.74. The highest BCUT2D eigenvalue weighted by Crippen LogP contribution is 2.11. The van der Waals surface area contributed by atoms with E-state index in [-0.39, 0.29) is 18.5 Å². The van der Waals surface area contributed by atoms with E-state index in [4.69, 9.17) is 20.0 Å². The molecule has 0 aromatic carbocycles. The Hall–Kier alpha value is -2.91. The van der Waals surface area contributed by atoms with Crippen LogP contribution in [0, 0.1) is 0 Å². The summed E-state index contributed by atoms with van der Waals surface area (Å²) in [5.41, 5.74) is 6.38. The Labute approximate surface area is 131 Å². The number of esters is 2. The topological polar surface area (TPSA) is 131 Å². The van der Waals surface area contributed by atoms with Gasteiger partial charge in [-0.05, 0) is 6.42 Å². The van der Waals surface area contributed by atoms with Crippen molar-refractivity contribution in [2.45, 2.75) is 33.0 Å². The van der Waals surface area contributed by atoms with E-state index in [1.54, 1.807) is 0 Å². The number of carbonyl (C=O) groups excluding carboxylic acids is 2. The molecule has 2 aromatic heterocycles. The predicted octanol–water partition coefficient (Wildman–Crippen LogP) is 0.0696. The lowest BCUT2D eigenvalue weighted by molar-refractivity contribution is -0.178. The first kappa shape index (κ1) is 16.5. The third-order valence-electron chi connectivity index (χ3n) is 2.70. The van der Waals surface area contributed by atoms with Crippen LogP contribution in [0.3, 0.4) is 0 Å². The Morgan fingerprint density at radius 3 is 2.78 bits per heavy atom. The van der Waals surface area contributed by atoms with Crippen molar-refractivity contribution in [2.75, 3.05) is 12.3 Å². The van der Waals surface area contributed by atoms with Gasteiger partial charge in [-0.1, -0.05) is 0 Å². The van der Waals surface area contributed by atoms with Crippen LogP contribution in [0.2, 0.25) is 0 Å². The predicted molar refractivity (Wildman–Crippen MR) is 77.7 cm³/mol. The molecule has 0 radical (unpaired) electrons. The molecule has 1 atom stereocenters. The summed E-state index contributed by atoms with van der Waals surface area (Å²) < 4.78 is 11.2. The van der Waals surface area contributed by atoms with E-state index < -0.39 is 12.3 Å². The molecule has 0 aliphatic heterocycles. The summed E-state index contributed by atoms with van der Waals surface area (Å²) in [5.74, 6) is -0.800. The van der Waals surface area contributed by atoms with Crippen molar-refractivity contribution in [1.82, 2.24) is 19.7 Å². The van der Waals surface area contributed by atoms with Crippen molar-refractivity contribution >= 4 is 29.1 Å². The number of rotatable bonds is 7. The molecule has 2 heterocycles. The number of nitrogen functional groups attached to an aromatic ring is 1. The van der Waals surface area contributed by atoms with Gasteiger partial charge >= 0.3 is 11.9 Å². The van der Waals surface area contributed by atoms with E-state index in [1.807, 2.05) is 0 Å². The van der Waals surface area contributed by atoms with Crippen molar-refractivity contribution in [3.63, 3.8) is 0 Å². The molecule has 2 N–H and O–H groups in total. The third-order valence-corrected chi connectivity index (χ3v) is 2.70. The van der Waals surface area contributed by atoms with E-state index >= 15 is 0 Å². The number of carbonyl (C=O) groups is 2. The second-order valence-corrected chi connectivity index (χ2v) is 4.63. The first-order valence-corrected chi connectivity index (χ1v) is 6.89. The second-order valence-electron chi connectivity index (χ2n) is 4.63. The minimum atomic E-state index is -0.878. The Bertz CT molecular complexity index is 701. The van der Waals surface area contributed by atoms with E-state index in [1.165, 1.54) is 31.1 Å². The molecule has 0 saturated carbocycles. The van der Waals surface area contributed by atoms with Gasteiger partial charge in [0.25, 0.3) is 6.29 Å². The monoisotopic (exact) mass is 323 g/mol. The molecule has 2 aromatic rings. The standard InChI is InChI=1S/C13H17N5O5/c1-8(19)21-5-3-4-11(22-9(2)20)23-18-7-16-10-6-15-13(14)17-12(10)18/h6-7,11H,3-5H2,1-2H3,(H2,14,15,17). The third kappa shape index (κ3) is 4.80. The molecule has 1 unspecified atom stereocenters. The van der Waals surface area contributed by atoms with Gasteiger partial charge in [0.2, 0.25) is 11.6 Å². The summed E-state index contributed by atoms with van der Waals surface area (Å²) in [5, 5.41) is 0. The van der Waals surface area contributed by atoms with Gasteiger partial charge in [-0.3, -0.25) is 9.59 Å². The van der Waals surface area contributed by atoms with Crippen LogP contribution < -0.4 is 10.6 Å². The van der Waals surface area contributed by atoms with Crippen LogP contribution in [0.15, 0.2) is 12.5 Å². The molecule has 0 aliphatic carbocycles. The number of nitrogens with zero attached hydrogens (tertiary/aromatic N) is 4. The highest BCUT2D eigenvalue weighted by Gasteiger charge is 2.17. The van der Waals surface area contributed by atoms with Gasteiger partial charge in [0.05, 0.1) is 12.8 Å². The summed E-state index contributed by atoms with van der Waals surface area (Å²) in [6, 6.07) is 0. The number of ether oxygens (including phenoxy) is 2. The van der Waals surface area contributed by atoms with Gasteiger partial charge in [-0.25, -0.2) is 9.97 Å². The first-order valence-electron chi connectivity index (χ1n) is 6.89. The lowest BCUT2D eigenvalue weighted by atomic mass is 10.3. The van der Waals surface area contributed by atoms with Crippen LogP contribution in [0.1, 0.15) is 26.7 Å². The maximum atomic E-state index is 11.2. The first-order chi connectivity index (χ1) is 11.0. The average molecular weight is 323 g/mol. The summed E-state index contributed by atoms with van der Waals surface area (Å²) in [4.78, 5) is 39.4. The summed E-state index contributed by atoms with van der Waals surface area (Å²) in [6.45, 7) is 2.80. The number of imidazole rings is 1. The number of hydrogen-bond donors (Lipinski definition) is 1. The van der Waals surface area contributed by atoms with Gasteiger partial charge in [0.15, 0.2) is 0 Å². The van der Waals surface area contributed by atoms with Crippen molar-refractivity contribution < 1.29 is 23.9 Å². The van der Waals surface area contributed by atoms with Crippen LogP contribution in [0.4, 0.5) is 5.95 Å². The zero-order chi connectivity index (χ0) is 16.8. The van der Waals surface area contributed by atoms with E-state index in [2.05, 4.69) is 15.0 Å². The van der Waals surface area contributed by atoms with Crippen LogP contribution >= 0.6 is 0 Å². The molecule has 0 bridgehead atoms. The van der Waals surface area contributed by atoms with Crippen molar-refractivity contribution in [3.8, 4) is 0 Å². The fourth-order valence-corrected chi connectivity index (χ4v) is 1.79. The largest absolute Gasteiger partial charge is 0.466 e. The molecule has 10 heteroatoms. The number of fused-ring (bicyclic) bond motifs is 1.